The fourth-order valence-electron chi connectivity index (χ4n) is 2.84. The summed E-state index contributed by atoms with van der Waals surface area (Å²) in [5.74, 6) is 0.890. The average molecular weight is 430 g/mol. The van der Waals surface area contributed by atoms with Crippen LogP contribution in [0.2, 0.25) is 5.02 Å². The summed E-state index contributed by atoms with van der Waals surface area (Å²) in [4.78, 5) is 13.8. The van der Waals surface area contributed by atoms with Crippen LogP contribution in [0.15, 0.2) is 71.6 Å². The van der Waals surface area contributed by atoms with Crippen LogP contribution in [0.25, 0.3) is 0 Å². The zero-order valence-electron chi connectivity index (χ0n) is 16.1. The zero-order valence-corrected chi connectivity index (χ0v) is 17.7. The second-order valence-corrected chi connectivity index (χ2v) is 8.00. The Bertz CT molecular complexity index is 977. The van der Waals surface area contributed by atoms with Crippen LogP contribution in [0.4, 0.5) is 4.39 Å². The van der Waals surface area contributed by atoms with Crippen molar-refractivity contribution in [2.24, 2.45) is 0 Å². The van der Waals surface area contributed by atoms with Gasteiger partial charge in [0.1, 0.15) is 11.6 Å². The first-order chi connectivity index (χ1) is 14.0. The Balaban J connectivity index is 1.71. The second-order valence-electron chi connectivity index (χ2n) is 6.52. The van der Waals surface area contributed by atoms with Gasteiger partial charge in [-0.25, -0.2) is 4.39 Å². The van der Waals surface area contributed by atoms with Crippen molar-refractivity contribution in [2.75, 3.05) is 7.11 Å². The van der Waals surface area contributed by atoms with Crippen molar-refractivity contribution in [2.45, 2.75) is 23.6 Å². The van der Waals surface area contributed by atoms with Gasteiger partial charge in [-0.1, -0.05) is 23.7 Å². The molecule has 0 unspecified atom stereocenters. The summed E-state index contributed by atoms with van der Waals surface area (Å²) >= 11 is 7.57. The van der Waals surface area contributed by atoms with Gasteiger partial charge in [-0.3, -0.25) is 4.79 Å². The van der Waals surface area contributed by atoms with Crippen LogP contribution < -0.4 is 10.1 Å². The molecule has 1 amide bonds. The SMILES string of the molecule is COc1ccc(C(=O)N[C@H](C)c2ccc(F)cc2)cc1CSc1ccc(Cl)cc1. The lowest BCUT2D eigenvalue weighted by Crippen LogP contribution is -2.26. The van der Waals surface area contributed by atoms with E-state index in [0.717, 1.165) is 21.8 Å². The van der Waals surface area contributed by atoms with Gasteiger partial charge in [-0.05, 0) is 67.1 Å². The summed E-state index contributed by atoms with van der Waals surface area (Å²) in [6.45, 7) is 1.87. The Labute approximate surface area is 179 Å². The highest BCUT2D eigenvalue weighted by Crippen LogP contribution is 2.29. The van der Waals surface area contributed by atoms with Crippen LogP contribution in [0.5, 0.6) is 5.75 Å². The molecule has 0 bridgehead atoms. The van der Waals surface area contributed by atoms with Crippen LogP contribution in [-0.2, 0) is 5.75 Å². The van der Waals surface area contributed by atoms with Gasteiger partial charge in [-0.2, -0.15) is 0 Å². The summed E-state index contributed by atoms with van der Waals surface area (Å²) < 4.78 is 18.5. The fourth-order valence-corrected chi connectivity index (χ4v) is 3.84. The monoisotopic (exact) mass is 429 g/mol. The minimum absolute atomic E-state index is 0.192. The Morgan fingerprint density at radius 1 is 1.10 bits per heavy atom. The standard InChI is InChI=1S/C23H21ClFNO2S/c1-15(16-3-8-20(25)9-4-16)26-23(27)17-5-12-22(28-2)18(13-17)14-29-21-10-6-19(24)7-11-21/h3-13,15H,14H2,1-2H3,(H,26,27)/t15-/m1/s1. The quantitative estimate of drug-likeness (QED) is 0.450. The smallest absolute Gasteiger partial charge is 0.251 e. The Morgan fingerprint density at radius 2 is 1.79 bits per heavy atom. The van der Waals surface area contributed by atoms with Gasteiger partial charge < -0.3 is 10.1 Å². The summed E-state index contributed by atoms with van der Waals surface area (Å²) in [5, 5.41) is 3.65. The van der Waals surface area contributed by atoms with E-state index in [4.69, 9.17) is 16.3 Å². The van der Waals surface area contributed by atoms with Gasteiger partial charge in [0.05, 0.1) is 13.2 Å². The van der Waals surface area contributed by atoms with E-state index in [9.17, 15) is 9.18 Å². The topological polar surface area (TPSA) is 38.3 Å². The normalized spacial score (nSPS) is 11.7. The highest BCUT2D eigenvalue weighted by molar-refractivity contribution is 7.98. The van der Waals surface area contributed by atoms with Crippen LogP contribution in [-0.4, -0.2) is 13.0 Å². The van der Waals surface area contributed by atoms with E-state index in [1.165, 1.54) is 12.1 Å². The van der Waals surface area contributed by atoms with Gasteiger partial charge in [0.25, 0.3) is 5.91 Å². The first-order valence-corrected chi connectivity index (χ1v) is 10.4. The average Bonchev–Trinajstić information content (AvgIpc) is 2.73. The zero-order chi connectivity index (χ0) is 20.8. The molecule has 0 radical (unpaired) electrons. The van der Waals surface area contributed by atoms with Crippen molar-refractivity contribution in [1.82, 2.24) is 5.32 Å². The maximum atomic E-state index is 13.1. The maximum Gasteiger partial charge on any atom is 0.251 e. The van der Waals surface area contributed by atoms with Crippen molar-refractivity contribution in [1.29, 1.82) is 0 Å². The molecular formula is C23H21ClFNO2S. The minimum atomic E-state index is -0.301. The molecular weight excluding hydrogens is 409 g/mol. The van der Waals surface area contributed by atoms with Crippen LogP contribution in [0.1, 0.15) is 34.5 Å². The summed E-state index contributed by atoms with van der Waals surface area (Å²) in [7, 11) is 1.61. The molecule has 6 heteroatoms. The molecule has 0 saturated carbocycles. The van der Waals surface area contributed by atoms with E-state index in [2.05, 4.69) is 5.32 Å². The number of carbonyl (C=O) groups excluding carboxylic acids is 1. The molecule has 0 aliphatic heterocycles. The second kappa shape index (κ2) is 9.81. The fraction of sp³-hybridized carbons (Fsp3) is 0.174. The van der Waals surface area contributed by atoms with E-state index >= 15 is 0 Å². The van der Waals surface area contributed by atoms with E-state index in [-0.39, 0.29) is 17.8 Å². The van der Waals surface area contributed by atoms with Crippen LogP contribution >= 0.6 is 23.4 Å². The van der Waals surface area contributed by atoms with Crippen molar-refractivity contribution >= 4 is 29.3 Å². The first kappa shape index (κ1) is 21.2. The van der Waals surface area contributed by atoms with Gasteiger partial charge in [0.2, 0.25) is 0 Å². The lowest BCUT2D eigenvalue weighted by molar-refractivity contribution is 0.0939. The number of methoxy groups -OCH3 is 1. The van der Waals surface area contributed by atoms with Gasteiger partial charge in [-0.15, -0.1) is 11.8 Å². The molecule has 150 valence electrons. The van der Waals surface area contributed by atoms with Crippen LogP contribution in [0.3, 0.4) is 0 Å². The summed E-state index contributed by atoms with van der Waals surface area (Å²) in [5.41, 5.74) is 2.31. The predicted molar refractivity (Wildman–Crippen MR) is 116 cm³/mol. The van der Waals surface area contributed by atoms with Crippen LogP contribution in [0, 0.1) is 5.82 Å². The number of amides is 1. The Kier molecular flexibility index (Phi) is 7.18. The number of benzene rings is 3. The molecule has 0 heterocycles. The molecule has 0 aliphatic carbocycles. The summed E-state index contributed by atoms with van der Waals surface area (Å²) in [6.07, 6.45) is 0. The Morgan fingerprint density at radius 3 is 2.45 bits per heavy atom. The number of halogens is 2. The lowest BCUT2D eigenvalue weighted by atomic mass is 10.1. The van der Waals surface area contributed by atoms with Crippen molar-refractivity contribution < 1.29 is 13.9 Å². The van der Waals surface area contributed by atoms with E-state index < -0.39 is 0 Å². The van der Waals surface area contributed by atoms with E-state index in [1.54, 1.807) is 43.1 Å². The first-order valence-electron chi connectivity index (χ1n) is 9.08. The number of hydrogen-bond acceptors (Lipinski definition) is 3. The van der Waals surface area contributed by atoms with Crippen molar-refractivity contribution in [3.8, 4) is 5.75 Å². The third-order valence-corrected chi connectivity index (χ3v) is 5.78. The third-order valence-electron chi connectivity index (χ3n) is 4.47. The van der Waals surface area contributed by atoms with Gasteiger partial charge in [0.15, 0.2) is 0 Å². The van der Waals surface area contributed by atoms with Gasteiger partial charge in [0, 0.05) is 26.8 Å². The molecule has 0 fully saturated rings. The van der Waals surface area contributed by atoms with Gasteiger partial charge >= 0.3 is 0 Å². The largest absolute Gasteiger partial charge is 0.496 e. The number of rotatable bonds is 7. The van der Waals surface area contributed by atoms with E-state index in [1.807, 2.05) is 37.3 Å². The highest BCUT2D eigenvalue weighted by atomic mass is 35.5. The molecule has 29 heavy (non-hydrogen) atoms. The number of hydrogen-bond donors (Lipinski definition) is 1. The molecule has 0 aromatic heterocycles. The molecule has 1 atom stereocenters. The number of carbonyl (C=O) groups is 1. The molecule has 3 aromatic rings. The Hall–Kier alpha value is -2.50. The molecule has 0 saturated heterocycles. The molecule has 3 nitrogen and oxygen atoms in total. The highest BCUT2D eigenvalue weighted by Gasteiger charge is 2.14. The molecule has 3 rings (SSSR count). The van der Waals surface area contributed by atoms with Crippen molar-refractivity contribution in [3.05, 3.63) is 94.3 Å². The lowest BCUT2D eigenvalue weighted by Gasteiger charge is -2.16. The number of ether oxygens (including phenoxy) is 1. The molecule has 3 aromatic carbocycles. The molecule has 0 spiro atoms. The molecule has 0 aliphatic rings. The summed E-state index contributed by atoms with van der Waals surface area (Å²) in [6, 6.07) is 18.9. The van der Waals surface area contributed by atoms with Crippen molar-refractivity contribution in [3.63, 3.8) is 0 Å². The third kappa shape index (κ3) is 5.75. The van der Waals surface area contributed by atoms with E-state index in [0.29, 0.717) is 16.3 Å². The minimum Gasteiger partial charge on any atom is -0.496 e. The predicted octanol–water partition coefficient (Wildman–Crippen LogP) is 6.27. The number of thioether (sulfide) groups is 1. The maximum absolute atomic E-state index is 13.1. The number of nitrogens with one attached hydrogen (secondary N) is 1. The molecule has 1 N–H and O–H groups in total.